The van der Waals surface area contributed by atoms with Crippen LogP contribution in [0.25, 0.3) is 0 Å². The van der Waals surface area contributed by atoms with Crippen LogP contribution in [0, 0.1) is 31.3 Å². The topological polar surface area (TPSA) is 42.2 Å². The molecule has 2 rings (SSSR count). The van der Waals surface area contributed by atoms with E-state index in [0.29, 0.717) is 11.3 Å². The lowest BCUT2D eigenvalue weighted by Gasteiger charge is -2.07. The van der Waals surface area contributed by atoms with Gasteiger partial charge in [-0.15, -0.1) is 0 Å². The molecule has 19 heavy (non-hydrogen) atoms. The summed E-state index contributed by atoms with van der Waals surface area (Å²) in [7, 11) is 0. The standard InChI is InChI=1S/C13H10F3NO2/c1-6-5-19-7(2)10(6)13(18)17-9-4-3-8(14)11(15)12(9)16/h3-5H,1-2H3,(H,17,18). The van der Waals surface area contributed by atoms with Gasteiger partial charge < -0.3 is 9.73 Å². The molecule has 0 radical (unpaired) electrons. The second-order valence-corrected chi connectivity index (χ2v) is 4.03. The summed E-state index contributed by atoms with van der Waals surface area (Å²) in [6.45, 7) is 3.22. The van der Waals surface area contributed by atoms with Gasteiger partial charge in [0.1, 0.15) is 5.76 Å². The van der Waals surface area contributed by atoms with Crippen molar-refractivity contribution in [2.45, 2.75) is 13.8 Å². The summed E-state index contributed by atoms with van der Waals surface area (Å²) in [4.78, 5) is 11.9. The fraction of sp³-hybridized carbons (Fsp3) is 0.154. The van der Waals surface area contributed by atoms with Crippen LogP contribution in [0.1, 0.15) is 21.7 Å². The van der Waals surface area contributed by atoms with Gasteiger partial charge in [-0.2, -0.15) is 0 Å². The molecule has 6 heteroatoms. The van der Waals surface area contributed by atoms with Crippen LogP contribution in [0.4, 0.5) is 18.9 Å². The molecule has 0 aliphatic rings. The zero-order chi connectivity index (χ0) is 14.2. The Hall–Kier alpha value is -2.24. The number of furan rings is 1. The minimum absolute atomic E-state index is 0.240. The van der Waals surface area contributed by atoms with Crippen LogP contribution in [0.5, 0.6) is 0 Å². The minimum atomic E-state index is -1.63. The highest BCUT2D eigenvalue weighted by Gasteiger charge is 2.19. The van der Waals surface area contributed by atoms with Crippen molar-refractivity contribution in [2.75, 3.05) is 5.32 Å². The van der Waals surface area contributed by atoms with E-state index in [9.17, 15) is 18.0 Å². The number of carbonyl (C=O) groups excluding carboxylic acids is 1. The van der Waals surface area contributed by atoms with Gasteiger partial charge in [-0.05, 0) is 26.0 Å². The Morgan fingerprint density at radius 2 is 1.84 bits per heavy atom. The molecule has 1 aromatic heterocycles. The fourth-order valence-electron chi connectivity index (χ4n) is 1.72. The molecule has 3 nitrogen and oxygen atoms in total. The van der Waals surface area contributed by atoms with Gasteiger partial charge in [0.15, 0.2) is 17.5 Å². The summed E-state index contributed by atoms with van der Waals surface area (Å²) >= 11 is 0. The third kappa shape index (κ3) is 2.33. The highest BCUT2D eigenvalue weighted by Crippen LogP contribution is 2.22. The maximum Gasteiger partial charge on any atom is 0.259 e. The lowest BCUT2D eigenvalue weighted by molar-refractivity contribution is 0.102. The van der Waals surface area contributed by atoms with Gasteiger partial charge in [-0.3, -0.25) is 4.79 Å². The van der Waals surface area contributed by atoms with Gasteiger partial charge in [-0.1, -0.05) is 0 Å². The van der Waals surface area contributed by atoms with Gasteiger partial charge >= 0.3 is 0 Å². The Morgan fingerprint density at radius 1 is 1.16 bits per heavy atom. The lowest BCUT2D eigenvalue weighted by atomic mass is 10.1. The van der Waals surface area contributed by atoms with E-state index in [1.165, 1.54) is 6.26 Å². The predicted octanol–water partition coefficient (Wildman–Crippen LogP) is 3.57. The van der Waals surface area contributed by atoms with Crippen molar-refractivity contribution in [2.24, 2.45) is 0 Å². The third-order valence-electron chi connectivity index (χ3n) is 2.67. The number of hydrogen-bond acceptors (Lipinski definition) is 2. The van der Waals surface area contributed by atoms with Crippen LogP contribution in [0.3, 0.4) is 0 Å². The first-order valence-corrected chi connectivity index (χ1v) is 5.41. The Kier molecular flexibility index (Phi) is 3.33. The van der Waals surface area contributed by atoms with Crippen LogP contribution in [0.15, 0.2) is 22.8 Å². The molecule has 100 valence electrons. The maximum absolute atomic E-state index is 13.4. The zero-order valence-corrected chi connectivity index (χ0v) is 10.2. The quantitative estimate of drug-likeness (QED) is 0.847. The number of halogens is 3. The summed E-state index contributed by atoms with van der Waals surface area (Å²) in [6, 6.07) is 1.69. The van der Waals surface area contributed by atoms with Crippen LogP contribution >= 0.6 is 0 Å². The van der Waals surface area contributed by atoms with Crippen LogP contribution in [0.2, 0.25) is 0 Å². The number of nitrogens with one attached hydrogen (secondary N) is 1. The Morgan fingerprint density at radius 3 is 2.42 bits per heavy atom. The molecule has 1 N–H and O–H groups in total. The van der Waals surface area contributed by atoms with Crippen LogP contribution in [-0.4, -0.2) is 5.91 Å². The molecule has 0 aliphatic heterocycles. The Labute approximate surface area is 107 Å². The van der Waals surface area contributed by atoms with Crippen molar-refractivity contribution in [3.05, 3.63) is 52.7 Å². The summed E-state index contributed by atoms with van der Waals surface area (Å²) < 4.78 is 44.2. The number of aryl methyl sites for hydroxylation is 2. The van der Waals surface area contributed by atoms with E-state index in [-0.39, 0.29) is 5.56 Å². The molecular weight excluding hydrogens is 259 g/mol. The van der Waals surface area contributed by atoms with E-state index in [2.05, 4.69) is 5.32 Å². The molecule has 1 heterocycles. The summed E-state index contributed by atoms with van der Waals surface area (Å²) in [5, 5.41) is 2.18. The minimum Gasteiger partial charge on any atom is -0.469 e. The van der Waals surface area contributed by atoms with E-state index in [1.807, 2.05) is 0 Å². The van der Waals surface area contributed by atoms with Crippen molar-refractivity contribution >= 4 is 11.6 Å². The SMILES string of the molecule is Cc1coc(C)c1C(=O)Nc1ccc(F)c(F)c1F. The molecule has 0 saturated heterocycles. The normalized spacial score (nSPS) is 10.6. The van der Waals surface area contributed by atoms with Crippen LogP contribution in [-0.2, 0) is 0 Å². The summed E-state index contributed by atoms with van der Waals surface area (Å²) in [6.07, 6.45) is 1.38. The maximum atomic E-state index is 13.4. The smallest absolute Gasteiger partial charge is 0.259 e. The molecule has 2 aromatic rings. The number of anilines is 1. The summed E-state index contributed by atoms with van der Waals surface area (Å²) in [5.41, 5.74) is 0.381. The molecule has 0 aliphatic carbocycles. The highest BCUT2D eigenvalue weighted by molar-refractivity contribution is 6.06. The molecule has 0 saturated carbocycles. The van der Waals surface area contributed by atoms with Gasteiger partial charge in [0.2, 0.25) is 0 Å². The van der Waals surface area contributed by atoms with Crippen molar-refractivity contribution in [1.29, 1.82) is 0 Å². The van der Waals surface area contributed by atoms with Gasteiger partial charge in [0.05, 0.1) is 17.5 Å². The molecule has 0 atom stereocenters. The van der Waals surface area contributed by atoms with E-state index < -0.39 is 29.0 Å². The highest BCUT2D eigenvalue weighted by atomic mass is 19.2. The summed E-state index contributed by atoms with van der Waals surface area (Å²) in [5.74, 6) is -4.66. The van der Waals surface area contributed by atoms with E-state index in [0.717, 1.165) is 12.1 Å². The predicted molar refractivity (Wildman–Crippen MR) is 62.5 cm³/mol. The Balaban J connectivity index is 2.32. The first-order valence-electron chi connectivity index (χ1n) is 5.41. The second kappa shape index (κ2) is 4.79. The van der Waals surface area contributed by atoms with Crippen molar-refractivity contribution in [1.82, 2.24) is 0 Å². The third-order valence-corrected chi connectivity index (χ3v) is 2.67. The largest absolute Gasteiger partial charge is 0.469 e. The van der Waals surface area contributed by atoms with E-state index in [4.69, 9.17) is 4.42 Å². The molecule has 0 bridgehead atoms. The van der Waals surface area contributed by atoms with Crippen molar-refractivity contribution in [3.8, 4) is 0 Å². The number of hydrogen-bond donors (Lipinski definition) is 1. The first-order chi connectivity index (χ1) is 8.91. The van der Waals surface area contributed by atoms with Gasteiger partial charge in [-0.25, -0.2) is 13.2 Å². The molecular formula is C13H10F3NO2. The van der Waals surface area contributed by atoms with Crippen molar-refractivity contribution < 1.29 is 22.4 Å². The molecule has 1 amide bonds. The average molecular weight is 269 g/mol. The van der Waals surface area contributed by atoms with Crippen molar-refractivity contribution in [3.63, 3.8) is 0 Å². The van der Waals surface area contributed by atoms with E-state index >= 15 is 0 Å². The molecule has 0 spiro atoms. The Bertz CT molecular complexity index is 630. The fourth-order valence-corrected chi connectivity index (χ4v) is 1.72. The number of carbonyl (C=O) groups is 1. The van der Waals surface area contributed by atoms with Crippen LogP contribution < -0.4 is 5.32 Å². The number of amides is 1. The first kappa shape index (κ1) is 13.2. The van der Waals surface area contributed by atoms with E-state index in [1.54, 1.807) is 13.8 Å². The molecule has 0 fully saturated rings. The van der Waals surface area contributed by atoms with Gasteiger partial charge in [0.25, 0.3) is 5.91 Å². The molecule has 1 aromatic carbocycles. The average Bonchev–Trinajstić information content (AvgIpc) is 2.70. The lowest BCUT2D eigenvalue weighted by Crippen LogP contribution is -2.15. The zero-order valence-electron chi connectivity index (χ0n) is 10.2. The number of benzene rings is 1. The second-order valence-electron chi connectivity index (χ2n) is 4.03. The van der Waals surface area contributed by atoms with Gasteiger partial charge in [0, 0.05) is 5.56 Å². The number of rotatable bonds is 2. The monoisotopic (exact) mass is 269 g/mol. The molecule has 0 unspecified atom stereocenters.